The lowest BCUT2D eigenvalue weighted by Gasteiger charge is -2.26. The van der Waals surface area contributed by atoms with Gasteiger partial charge in [-0.15, -0.1) is 0 Å². The summed E-state index contributed by atoms with van der Waals surface area (Å²) < 4.78 is 23.3. The number of hydrogen-bond donors (Lipinski definition) is 2. The maximum Gasteiger partial charge on any atom is 0.219 e. The van der Waals surface area contributed by atoms with Gasteiger partial charge in [-0.25, -0.2) is 13.6 Å². The summed E-state index contributed by atoms with van der Waals surface area (Å²) in [6.07, 6.45) is 3.03. The number of sulfonamides is 1. The van der Waals surface area contributed by atoms with Gasteiger partial charge in [0.25, 0.3) is 0 Å². The Morgan fingerprint density at radius 3 is 2.50 bits per heavy atom. The van der Waals surface area contributed by atoms with Gasteiger partial charge in [0, 0.05) is 30.1 Å². The molecule has 1 aromatic carbocycles. The van der Waals surface area contributed by atoms with Gasteiger partial charge in [0.05, 0.1) is 5.02 Å². The van der Waals surface area contributed by atoms with Crippen LogP contribution in [0.3, 0.4) is 0 Å². The molecule has 0 saturated heterocycles. The van der Waals surface area contributed by atoms with Crippen LogP contribution in [0.5, 0.6) is 0 Å². The zero-order valence-electron chi connectivity index (χ0n) is 15.4. The number of halogens is 1. The summed E-state index contributed by atoms with van der Waals surface area (Å²) in [5.41, 5.74) is 2.68. The topological polar surface area (TPSA) is 106 Å². The van der Waals surface area contributed by atoms with Gasteiger partial charge in [-0.05, 0) is 31.5 Å². The van der Waals surface area contributed by atoms with Gasteiger partial charge in [-0.3, -0.25) is 9.78 Å². The fraction of sp³-hybridized carbons (Fsp3) is 0.200. The molecule has 2 aromatic heterocycles. The summed E-state index contributed by atoms with van der Waals surface area (Å²) in [5, 5.41) is 5.76. The zero-order chi connectivity index (χ0) is 20.5. The summed E-state index contributed by atoms with van der Waals surface area (Å²) in [4.78, 5) is 19.7. The number of aromatic nitrogens is 2. The van der Waals surface area contributed by atoms with Gasteiger partial charge in [-0.2, -0.15) is 0 Å². The number of ketones is 1. The molecule has 0 radical (unpaired) electrons. The molecule has 146 valence electrons. The van der Waals surface area contributed by atoms with Gasteiger partial charge in [0.15, 0.2) is 0 Å². The molecule has 0 aliphatic heterocycles. The molecule has 2 heterocycles. The van der Waals surface area contributed by atoms with Crippen molar-refractivity contribution in [2.45, 2.75) is 25.0 Å². The Morgan fingerprint density at radius 2 is 1.93 bits per heavy atom. The van der Waals surface area contributed by atoms with E-state index in [0.29, 0.717) is 16.8 Å². The molecule has 8 heteroatoms. The molecule has 3 rings (SSSR count). The molecule has 3 N–H and O–H groups in total. The third-order valence-electron chi connectivity index (χ3n) is 4.79. The van der Waals surface area contributed by atoms with Crippen molar-refractivity contribution in [1.82, 2.24) is 9.97 Å². The number of nitrogens with two attached hydrogens (primary N) is 1. The third-order valence-corrected chi connectivity index (χ3v) is 6.73. The molecule has 0 spiro atoms. The molecule has 0 aliphatic rings. The fourth-order valence-electron chi connectivity index (χ4n) is 3.00. The molecule has 3 aromatic rings. The quantitative estimate of drug-likeness (QED) is 0.600. The highest BCUT2D eigenvalue weighted by Gasteiger charge is 2.39. The van der Waals surface area contributed by atoms with E-state index in [4.69, 9.17) is 16.7 Å². The number of primary sulfonamides is 1. The number of pyridine rings is 1. The average molecular weight is 418 g/mol. The smallest absolute Gasteiger partial charge is 0.219 e. The van der Waals surface area contributed by atoms with Crippen LogP contribution in [0.15, 0.2) is 54.9 Å². The average Bonchev–Trinajstić information content (AvgIpc) is 3.01. The molecule has 0 aliphatic carbocycles. The Morgan fingerprint density at radius 1 is 1.25 bits per heavy atom. The van der Waals surface area contributed by atoms with Crippen LogP contribution in [0.4, 0.5) is 0 Å². The van der Waals surface area contributed by atoms with Crippen molar-refractivity contribution < 1.29 is 13.2 Å². The molecule has 0 bridgehead atoms. The van der Waals surface area contributed by atoms with Gasteiger partial charge in [0.1, 0.15) is 10.4 Å². The molecule has 0 fully saturated rings. The first-order chi connectivity index (χ1) is 13.1. The first kappa shape index (κ1) is 20.3. The van der Waals surface area contributed by atoms with Crippen molar-refractivity contribution in [1.29, 1.82) is 0 Å². The van der Waals surface area contributed by atoms with Gasteiger partial charge < -0.3 is 4.98 Å². The maximum absolute atomic E-state index is 12.8. The third kappa shape index (κ3) is 3.87. The number of nitrogens with zero attached hydrogens (tertiary/aromatic N) is 1. The van der Waals surface area contributed by atoms with Gasteiger partial charge in [-0.1, -0.05) is 47.5 Å². The van der Waals surface area contributed by atoms with Crippen LogP contribution in [0, 0.1) is 6.92 Å². The van der Waals surface area contributed by atoms with Crippen molar-refractivity contribution in [3.05, 3.63) is 88.0 Å². The van der Waals surface area contributed by atoms with E-state index in [2.05, 4.69) is 9.97 Å². The highest BCUT2D eigenvalue weighted by molar-refractivity contribution is 7.90. The predicted octanol–water partition coefficient (Wildman–Crippen LogP) is 3.35. The first-order valence-corrected chi connectivity index (χ1v) is 10.5. The second-order valence-electron chi connectivity index (χ2n) is 6.91. The molecule has 28 heavy (non-hydrogen) atoms. The molecular weight excluding hydrogens is 398 g/mol. The molecule has 0 amide bonds. The van der Waals surface area contributed by atoms with E-state index in [-0.39, 0.29) is 22.9 Å². The highest BCUT2D eigenvalue weighted by Crippen LogP contribution is 2.33. The summed E-state index contributed by atoms with van der Waals surface area (Å²) in [7, 11) is -3.98. The Labute approximate surface area is 168 Å². The van der Waals surface area contributed by atoms with Gasteiger partial charge >= 0.3 is 0 Å². The number of rotatable bonds is 6. The van der Waals surface area contributed by atoms with E-state index in [1.807, 2.05) is 19.1 Å². The lowest BCUT2D eigenvalue weighted by Crippen LogP contribution is -2.40. The lowest BCUT2D eigenvalue weighted by atomic mass is 9.97. The Balaban J connectivity index is 1.98. The van der Waals surface area contributed by atoms with Crippen molar-refractivity contribution in [3.8, 4) is 0 Å². The SMILES string of the molecule is Cc1ccc(C(=O)c2[nH]c(CC(C)(c3cccnc3)S(N)(=O)=O)cc2Cl)cc1. The molecule has 1 atom stereocenters. The van der Waals surface area contributed by atoms with Crippen LogP contribution in [0.1, 0.15) is 39.8 Å². The van der Waals surface area contributed by atoms with E-state index in [0.717, 1.165) is 5.56 Å². The second kappa shape index (κ2) is 7.50. The Hall–Kier alpha value is -2.48. The number of H-pyrrole nitrogens is 1. The summed E-state index contributed by atoms with van der Waals surface area (Å²) in [6, 6.07) is 12.0. The van der Waals surface area contributed by atoms with E-state index < -0.39 is 14.8 Å². The number of carbonyl (C=O) groups is 1. The summed E-state index contributed by atoms with van der Waals surface area (Å²) in [6.45, 7) is 3.45. The van der Waals surface area contributed by atoms with Crippen LogP contribution in [0.2, 0.25) is 5.02 Å². The van der Waals surface area contributed by atoms with Crippen LogP contribution in [0.25, 0.3) is 0 Å². The van der Waals surface area contributed by atoms with E-state index in [9.17, 15) is 13.2 Å². The predicted molar refractivity (Wildman–Crippen MR) is 109 cm³/mol. The number of benzene rings is 1. The molecule has 1 unspecified atom stereocenters. The Bertz CT molecular complexity index is 1110. The largest absolute Gasteiger partial charge is 0.354 e. The second-order valence-corrected chi connectivity index (χ2v) is 9.31. The van der Waals surface area contributed by atoms with Crippen molar-refractivity contribution in [2.75, 3.05) is 0 Å². The number of carbonyl (C=O) groups excluding carboxylic acids is 1. The Kier molecular flexibility index (Phi) is 5.43. The summed E-state index contributed by atoms with van der Waals surface area (Å²) in [5.74, 6) is -0.269. The zero-order valence-corrected chi connectivity index (χ0v) is 17.0. The number of hydrogen-bond acceptors (Lipinski definition) is 4. The number of nitrogens with one attached hydrogen (secondary N) is 1. The van der Waals surface area contributed by atoms with E-state index in [1.165, 1.54) is 13.1 Å². The fourth-order valence-corrected chi connectivity index (χ4v) is 4.07. The number of aryl methyl sites for hydroxylation is 1. The van der Waals surface area contributed by atoms with Crippen LogP contribution in [-0.4, -0.2) is 24.2 Å². The normalized spacial score (nSPS) is 13.9. The lowest BCUT2D eigenvalue weighted by molar-refractivity contribution is 0.103. The van der Waals surface area contributed by atoms with Crippen LogP contribution >= 0.6 is 11.6 Å². The van der Waals surface area contributed by atoms with E-state index in [1.54, 1.807) is 36.5 Å². The highest BCUT2D eigenvalue weighted by atomic mass is 35.5. The molecule has 0 saturated carbocycles. The van der Waals surface area contributed by atoms with E-state index >= 15 is 0 Å². The number of aromatic amines is 1. The first-order valence-electron chi connectivity index (χ1n) is 8.53. The maximum atomic E-state index is 12.8. The monoisotopic (exact) mass is 417 g/mol. The molecular formula is C20H20ClN3O3S. The minimum Gasteiger partial charge on any atom is -0.354 e. The van der Waals surface area contributed by atoms with Gasteiger partial charge in [0.2, 0.25) is 15.8 Å². The van der Waals surface area contributed by atoms with Crippen LogP contribution < -0.4 is 5.14 Å². The van der Waals surface area contributed by atoms with Crippen molar-refractivity contribution in [3.63, 3.8) is 0 Å². The van der Waals surface area contributed by atoms with Crippen molar-refractivity contribution in [2.24, 2.45) is 5.14 Å². The molecule has 6 nitrogen and oxygen atoms in total. The minimum atomic E-state index is -3.98. The van der Waals surface area contributed by atoms with Crippen molar-refractivity contribution >= 4 is 27.4 Å². The minimum absolute atomic E-state index is 0.0123. The van der Waals surface area contributed by atoms with Crippen LogP contribution in [-0.2, 0) is 21.2 Å². The standard InChI is InChI=1S/C20H20ClN3O3S/c1-13-5-7-14(8-6-13)19(25)18-17(21)10-16(24-18)11-20(2,28(22,26)27)15-4-3-9-23-12-15/h3-10,12,24H,11H2,1-2H3,(H2,22,26,27). The summed E-state index contributed by atoms with van der Waals surface area (Å²) >= 11 is 6.26.